The van der Waals surface area contributed by atoms with Crippen LogP contribution in [0.5, 0.6) is 0 Å². The zero-order chi connectivity index (χ0) is 13.3. The number of carboxylic acids is 1. The van der Waals surface area contributed by atoms with Gasteiger partial charge < -0.3 is 15.3 Å². The Labute approximate surface area is 101 Å². The fourth-order valence-electron chi connectivity index (χ4n) is 0.757. The number of carbonyl (C=O) groups excluding carboxylic acids is 1. The molecule has 0 unspecified atom stereocenters. The number of urea groups is 1. The summed E-state index contributed by atoms with van der Waals surface area (Å²) < 4.78 is 0. The molecule has 17 heavy (non-hydrogen) atoms. The van der Waals surface area contributed by atoms with Gasteiger partial charge in [0.25, 0.3) is 0 Å². The first-order chi connectivity index (χ1) is 7.97. The molecule has 0 spiro atoms. The molecule has 94 valence electrons. The Morgan fingerprint density at radius 3 is 2.06 bits per heavy atom. The molecule has 0 saturated carbocycles. The Kier molecular flexibility index (Phi) is 7.17. The van der Waals surface area contributed by atoms with Crippen molar-refractivity contribution in [2.24, 2.45) is 0 Å². The number of nitrogens with one attached hydrogen (secondary N) is 1. The number of nitrogens with zero attached hydrogens (tertiary/aromatic N) is 1. The zero-order valence-corrected chi connectivity index (χ0v) is 10.3. The molecule has 1 rings (SSSR count). The van der Waals surface area contributed by atoms with E-state index in [0.29, 0.717) is 0 Å². The Hall–Kier alpha value is -2.04. The van der Waals surface area contributed by atoms with Crippen molar-refractivity contribution >= 4 is 17.7 Å². The van der Waals surface area contributed by atoms with Crippen LogP contribution in [0, 0.1) is 0 Å². The summed E-state index contributed by atoms with van der Waals surface area (Å²) in [6.45, 7) is 1.60. The number of benzene rings is 1. The van der Waals surface area contributed by atoms with E-state index in [1.165, 1.54) is 4.90 Å². The third-order valence-electron chi connectivity index (χ3n) is 1.73. The van der Waals surface area contributed by atoms with Gasteiger partial charge in [-0.15, -0.1) is 0 Å². The van der Waals surface area contributed by atoms with E-state index in [2.05, 4.69) is 5.32 Å². The van der Waals surface area contributed by atoms with E-state index in [1.54, 1.807) is 21.0 Å². The molecule has 5 nitrogen and oxygen atoms in total. The number of hydrogen-bond acceptors (Lipinski definition) is 2. The van der Waals surface area contributed by atoms with Crippen molar-refractivity contribution in [3.05, 3.63) is 30.3 Å². The molecule has 0 saturated heterocycles. The van der Waals surface area contributed by atoms with E-state index in [4.69, 9.17) is 5.11 Å². The topological polar surface area (TPSA) is 69.6 Å². The third kappa shape index (κ3) is 7.84. The molecule has 2 amide bonds. The first-order valence-corrected chi connectivity index (χ1v) is 5.22. The lowest BCUT2D eigenvalue weighted by molar-refractivity contribution is -0.136. The average Bonchev–Trinajstić information content (AvgIpc) is 2.31. The summed E-state index contributed by atoms with van der Waals surface area (Å²) in [6.07, 6.45) is 0.222. The highest BCUT2D eigenvalue weighted by Crippen LogP contribution is 2.04. The summed E-state index contributed by atoms with van der Waals surface area (Å²) in [5.74, 6) is -0.745. The Bertz CT molecular complexity index is 350. The fraction of sp³-hybridized carbons (Fsp3) is 0.333. The molecule has 0 aliphatic rings. The van der Waals surface area contributed by atoms with Gasteiger partial charge in [-0.05, 0) is 12.1 Å². The van der Waals surface area contributed by atoms with Gasteiger partial charge in [-0.1, -0.05) is 25.1 Å². The van der Waals surface area contributed by atoms with Crippen LogP contribution in [0.1, 0.15) is 13.3 Å². The minimum absolute atomic E-state index is 0.110. The van der Waals surface area contributed by atoms with Gasteiger partial charge in [0.15, 0.2) is 0 Å². The second kappa shape index (κ2) is 8.15. The van der Waals surface area contributed by atoms with Crippen molar-refractivity contribution < 1.29 is 14.7 Å². The monoisotopic (exact) mass is 238 g/mol. The Morgan fingerprint density at radius 2 is 1.71 bits per heavy atom. The highest BCUT2D eigenvalue weighted by atomic mass is 16.4. The van der Waals surface area contributed by atoms with Crippen LogP contribution in [0.4, 0.5) is 10.5 Å². The predicted molar refractivity (Wildman–Crippen MR) is 67.1 cm³/mol. The maximum atomic E-state index is 11.1. The lowest BCUT2D eigenvalue weighted by atomic mass is 10.3. The molecule has 1 aromatic carbocycles. The molecule has 0 heterocycles. The van der Waals surface area contributed by atoms with E-state index < -0.39 is 5.97 Å². The van der Waals surface area contributed by atoms with E-state index in [0.717, 1.165) is 5.69 Å². The van der Waals surface area contributed by atoms with Crippen molar-refractivity contribution in [3.8, 4) is 0 Å². The van der Waals surface area contributed by atoms with Gasteiger partial charge in [-0.2, -0.15) is 0 Å². The molecular weight excluding hydrogens is 220 g/mol. The molecule has 2 N–H and O–H groups in total. The number of carboxylic acid groups (broad SMARTS) is 1. The molecule has 0 aliphatic heterocycles. The number of anilines is 1. The molecule has 0 radical (unpaired) electrons. The molecule has 1 aromatic rings. The van der Waals surface area contributed by atoms with Gasteiger partial charge in [-0.3, -0.25) is 4.79 Å². The first-order valence-electron chi connectivity index (χ1n) is 5.22. The minimum atomic E-state index is -0.745. The molecule has 0 atom stereocenters. The lowest BCUT2D eigenvalue weighted by Crippen LogP contribution is -2.27. The van der Waals surface area contributed by atoms with E-state index >= 15 is 0 Å². The standard InChI is InChI=1S/C9H12N2O.C3H6O2/c1-11(2)9(12)10-8-6-4-3-5-7-8;1-2-3(4)5/h3-7H,1-2H3,(H,10,12);2H2,1H3,(H,4,5). The van der Waals surface area contributed by atoms with Crippen LogP contribution >= 0.6 is 0 Å². The second-order valence-electron chi connectivity index (χ2n) is 3.44. The van der Waals surface area contributed by atoms with Crippen LogP contribution in [0.25, 0.3) is 0 Å². The van der Waals surface area contributed by atoms with Crippen molar-refractivity contribution in [1.82, 2.24) is 4.90 Å². The van der Waals surface area contributed by atoms with Crippen LogP contribution in [-0.2, 0) is 4.79 Å². The molecule has 0 aromatic heterocycles. The Balaban J connectivity index is 0.000000437. The zero-order valence-electron chi connectivity index (χ0n) is 10.3. The second-order valence-corrected chi connectivity index (χ2v) is 3.44. The predicted octanol–water partition coefficient (Wildman–Crippen LogP) is 2.26. The van der Waals surface area contributed by atoms with Crippen molar-refractivity contribution in [2.75, 3.05) is 19.4 Å². The van der Waals surface area contributed by atoms with Crippen LogP contribution in [0.15, 0.2) is 30.3 Å². The summed E-state index contributed by atoms with van der Waals surface area (Å²) in [4.78, 5) is 22.0. The quantitative estimate of drug-likeness (QED) is 0.830. The van der Waals surface area contributed by atoms with Crippen molar-refractivity contribution in [2.45, 2.75) is 13.3 Å². The van der Waals surface area contributed by atoms with Crippen LogP contribution in [0.3, 0.4) is 0 Å². The van der Waals surface area contributed by atoms with Crippen molar-refractivity contribution in [3.63, 3.8) is 0 Å². The average molecular weight is 238 g/mol. The largest absolute Gasteiger partial charge is 0.481 e. The molecule has 5 heteroatoms. The van der Waals surface area contributed by atoms with Crippen molar-refractivity contribution in [1.29, 1.82) is 0 Å². The third-order valence-corrected chi connectivity index (χ3v) is 1.73. The maximum absolute atomic E-state index is 11.1. The van der Waals surface area contributed by atoms with Crippen LogP contribution < -0.4 is 5.32 Å². The van der Waals surface area contributed by atoms with Gasteiger partial charge in [0.05, 0.1) is 0 Å². The van der Waals surface area contributed by atoms with Crippen LogP contribution in [-0.4, -0.2) is 36.1 Å². The van der Waals surface area contributed by atoms with Crippen LogP contribution in [0.2, 0.25) is 0 Å². The van der Waals surface area contributed by atoms with E-state index in [9.17, 15) is 9.59 Å². The molecule has 0 bridgehead atoms. The molecule has 0 aliphatic carbocycles. The minimum Gasteiger partial charge on any atom is -0.481 e. The van der Waals surface area contributed by atoms with Gasteiger partial charge in [0.2, 0.25) is 0 Å². The molecular formula is C12H18N2O3. The number of rotatable bonds is 2. The first kappa shape index (κ1) is 15.0. The number of amides is 2. The van der Waals surface area contributed by atoms with Gasteiger partial charge in [0, 0.05) is 26.2 Å². The highest BCUT2D eigenvalue weighted by molar-refractivity contribution is 5.88. The summed E-state index contributed by atoms with van der Waals surface area (Å²) in [5.41, 5.74) is 0.816. The smallest absolute Gasteiger partial charge is 0.321 e. The normalized spacial score (nSPS) is 8.65. The van der Waals surface area contributed by atoms with Gasteiger partial charge >= 0.3 is 12.0 Å². The maximum Gasteiger partial charge on any atom is 0.321 e. The fourth-order valence-corrected chi connectivity index (χ4v) is 0.757. The lowest BCUT2D eigenvalue weighted by Gasteiger charge is -2.11. The highest BCUT2D eigenvalue weighted by Gasteiger charge is 2.01. The van der Waals surface area contributed by atoms with Gasteiger partial charge in [-0.25, -0.2) is 4.79 Å². The van der Waals surface area contributed by atoms with E-state index in [-0.39, 0.29) is 12.5 Å². The number of hydrogen-bond donors (Lipinski definition) is 2. The summed E-state index contributed by atoms with van der Waals surface area (Å²) in [5, 5.41) is 10.5. The number of para-hydroxylation sites is 1. The Morgan fingerprint density at radius 1 is 1.24 bits per heavy atom. The number of aliphatic carboxylic acids is 1. The molecule has 0 fully saturated rings. The summed E-state index contributed by atoms with van der Waals surface area (Å²) in [7, 11) is 3.41. The number of carbonyl (C=O) groups is 2. The SMILES string of the molecule is CCC(=O)O.CN(C)C(=O)Nc1ccccc1. The summed E-state index contributed by atoms with van der Waals surface area (Å²) >= 11 is 0. The van der Waals surface area contributed by atoms with Gasteiger partial charge in [0.1, 0.15) is 0 Å². The summed E-state index contributed by atoms with van der Waals surface area (Å²) in [6, 6.07) is 9.26. The van der Waals surface area contributed by atoms with E-state index in [1.807, 2.05) is 30.3 Å².